The fourth-order valence-electron chi connectivity index (χ4n) is 2.75. The number of carbonyl (C=O) groups is 1. The van der Waals surface area contributed by atoms with Gasteiger partial charge < -0.3 is 14.6 Å². The van der Waals surface area contributed by atoms with Gasteiger partial charge in [-0.05, 0) is 26.7 Å². The third kappa shape index (κ3) is 3.91. The summed E-state index contributed by atoms with van der Waals surface area (Å²) in [6.45, 7) is 4.75. The highest BCUT2D eigenvalue weighted by molar-refractivity contribution is 7.89. The Morgan fingerprint density at radius 2 is 2.04 bits per heavy atom. The molecule has 0 spiro atoms. The molecule has 0 bridgehead atoms. The van der Waals surface area contributed by atoms with Gasteiger partial charge in [-0.3, -0.25) is 4.79 Å². The van der Waals surface area contributed by atoms with Crippen LogP contribution in [0.4, 0.5) is 0 Å². The number of nitrogens with one attached hydrogen (secondary N) is 1. The third-order valence-corrected chi connectivity index (χ3v) is 6.14. The van der Waals surface area contributed by atoms with Crippen molar-refractivity contribution >= 4 is 15.9 Å². The van der Waals surface area contributed by atoms with E-state index in [4.69, 9.17) is 9.26 Å². The third-order valence-electron chi connectivity index (χ3n) is 4.00. The van der Waals surface area contributed by atoms with Gasteiger partial charge in [0, 0.05) is 32.7 Å². The van der Waals surface area contributed by atoms with E-state index in [2.05, 4.69) is 10.5 Å². The molecule has 2 rings (SSSR count). The molecule has 0 aromatic carbocycles. The molecule has 0 unspecified atom stereocenters. The fraction of sp³-hybridized carbons (Fsp3) is 0.714. The molecular formula is C14H23N3O5S. The second-order valence-corrected chi connectivity index (χ2v) is 7.49. The van der Waals surface area contributed by atoms with Gasteiger partial charge in [-0.1, -0.05) is 5.16 Å². The molecule has 130 valence electrons. The molecule has 0 atom stereocenters. The van der Waals surface area contributed by atoms with Gasteiger partial charge in [-0.25, -0.2) is 8.42 Å². The molecule has 1 saturated heterocycles. The van der Waals surface area contributed by atoms with E-state index in [1.54, 1.807) is 21.0 Å². The molecule has 23 heavy (non-hydrogen) atoms. The number of hydrogen-bond donors (Lipinski definition) is 1. The van der Waals surface area contributed by atoms with Gasteiger partial charge in [0.2, 0.25) is 15.9 Å². The molecule has 1 fully saturated rings. The molecule has 1 N–H and O–H groups in total. The van der Waals surface area contributed by atoms with E-state index in [1.807, 2.05) is 0 Å². The summed E-state index contributed by atoms with van der Waals surface area (Å²) in [4.78, 5) is 12.1. The fourth-order valence-corrected chi connectivity index (χ4v) is 4.51. The first kappa shape index (κ1) is 17.9. The molecule has 1 aliphatic rings. The van der Waals surface area contributed by atoms with Crippen molar-refractivity contribution < 1.29 is 22.5 Å². The summed E-state index contributed by atoms with van der Waals surface area (Å²) in [5.74, 6) is 0.0846. The van der Waals surface area contributed by atoms with E-state index in [-0.39, 0.29) is 16.7 Å². The van der Waals surface area contributed by atoms with Crippen LogP contribution in [0.1, 0.15) is 24.3 Å². The number of aromatic nitrogens is 1. The maximum Gasteiger partial charge on any atom is 0.248 e. The van der Waals surface area contributed by atoms with Crippen LogP contribution < -0.4 is 5.32 Å². The van der Waals surface area contributed by atoms with Crippen LogP contribution in [-0.4, -0.2) is 57.1 Å². The minimum Gasteiger partial charge on any atom is -0.383 e. The minimum atomic E-state index is -3.62. The normalized spacial score (nSPS) is 17.3. The zero-order valence-corrected chi connectivity index (χ0v) is 14.5. The van der Waals surface area contributed by atoms with E-state index in [1.165, 1.54) is 4.31 Å². The molecule has 1 aromatic rings. The summed E-state index contributed by atoms with van der Waals surface area (Å²) in [5.41, 5.74) is 0.363. The van der Waals surface area contributed by atoms with Crippen molar-refractivity contribution in [3.05, 3.63) is 11.5 Å². The Morgan fingerprint density at radius 3 is 2.57 bits per heavy atom. The molecule has 8 nitrogen and oxygen atoms in total. The SMILES string of the molecule is COCCNC(=O)C1CCN(S(=O)(=O)c2c(C)noc2C)CC1. The Hall–Kier alpha value is -1.45. The Labute approximate surface area is 136 Å². The smallest absolute Gasteiger partial charge is 0.248 e. The Kier molecular flexibility index (Phi) is 5.77. The predicted molar refractivity (Wildman–Crippen MR) is 82.3 cm³/mol. The van der Waals surface area contributed by atoms with Crippen LogP contribution in [0, 0.1) is 19.8 Å². The van der Waals surface area contributed by atoms with Crippen molar-refractivity contribution in [1.82, 2.24) is 14.8 Å². The van der Waals surface area contributed by atoms with Crippen LogP contribution in [0.25, 0.3) is 0 Å². The van der Waals surface area contributed by atoms with E-state index < -0.39 is 10.0 Å². The second kappa shape index (κ2) is 7.41. The molecule has 1 aromatic heterocycles. The summed E-state index contributed by atoms with van der Waals surface area (Å²) >= 11 is 0. The average molecular weight is 345 g/mol. The maximum absolute atomic E-state index is 12.7. The Morgan fingerprint density at radius 1 is 1.39 bits per heavy atom. The number of aryl methyl sites for hydroxylation is 2. The molecule has 0 aliphatic carbocycles. The van der Waals surface area contributed by atoms with E-state index in [9.17, 15) is 13.2 Å². The largest absolute Gasteiger partial charge is 0.383 e. The van der Waals surface area contributed by atoms with E-state index >= 15 is 0 Å². The number of hydrogen-bond acceptors (Lipinski definition) is 6. The maximum atomic E-state index is 12.7. The molecule has 1 aliphatic heterocycles. The van der Waals surface area contributed by atoms with Gasteiger partial charge >= 0.3 is 0 Å². The van der Waals surface area contributed by atoms with Gasteiger partial charge in [0.15, 0.2) is 5.76 Å². The molecule has 0 saturated carbocycles. The zero-order chi connectivity index (χ0) is 17.0. The van der Waals surface area contributed by atoms with Gasteiger partial charge in [0.25, 0.3) is 0 Å². The number of piperidine rings is 1. The van der Waals surface area contributed by atoms with Crippen molar-refractivity contribution in [1.29, 1.82) is 0 Å². The zero-order valence-electron chi connectivity index (χ0n) is 13.7. The van der Waals surface area contributed by atoms with Gasteiger partial charge in [-0.15, -0.1) is 0 Å². The minimum absolute atomic E-state index is 0.0450. The number of rotatable bonds is 6. The van der Waals surface area contributed by atoms with Crippen molar-refractivity contribution in [3.8, 4) is 0 Å². The molecule has 1 amide bonds. The van der Waals surface area contributed by atoms with Gasteiger partial charge in [0.05, 0.1) is 6.61 Å². The number of amides is 1. The molecule has 2 heterocycles. The van der Waals surface area contributed by atoms with Crippen molar-refractivity contribution in [2.75, 3.05) is 33.4 Å². The van der Waals surface area contributed by atoms with E-state index in [0.29, 0.717) is 50.5 Å². The van der Waals surface area contributed by atoms with Gasteiger partial charge in [0.1, 0.15) is 10.6 Å². The summed E-state index contributed by atoms with van der Waals surface area (Å²) in [6.07, 6.45) is 1.00. The first-order valence-electron chi connectivity index (χ1n) is 7.57. The summed E-state index contributed by atoms with van der Waals surface area (Å²) in [5, 5.41) is 6.50. The number of nitrogens with zero attached hydrogens (tertiary/aromatic N) is 2. The van der Waals surface area contributed by atoms with Crippen LogP contribution in [0.15, 0.2) is 9.42 Å². The number of carbonyl (C=O) groups excluding carboxylic acids is 1. The summed E-state index contributed by atoms with van der Waals surface area (Å²) in [6, 6.07) is 0. The lowest BCUT2D eigenvalue weighted by atomic mass is 9.97. The Bertz CT molecular complexity index is 628. The van der Waals surface area contributed by atoms with Crippen LogP contribution in [0.5, 0.6) is 0 Å². The van der Waals surface area contributed by atoms with Crippen LogP contribution >= 0.6 is 0 Å². The second-order valence-electron chi connectivity index (χ2n) is 5.62. The average Bonchev–Trinajstić information content (AvgIpc) is 2.87. The first-order chi connectivity index (χ1) is 10.9. The lowest BCUT2D eigenvalue weighted by molar-refractivity contribution is -0.126. The number of methoxy groups -OCH3 is 1. The first-order valence-corrected chi connectivity index (χ1v) is 9.01. The van der Waals surface area contributed by atoms with Crippen LogP contribution in [0.3, 0.4) is 0 Å². The highest BCUT2D eigenvalue weighted by Gasteiger charge is 2.35. The van der Waals surface area contributed by atoms with Crippen molar-refractivity contribution in [2.45, 2.75) is 31.6 Å². The number of ether oxygens (including phenoxy) is 1. The highest BCUT2D eigenvalue weighted by atomic mass is 32.2. The van der Waals surface area contributed by atoms with Crippen molar-refractivity contribution in [3.63, 3.8) is 0 Å². The van der Waals surface area contributed by atoms with Crippen molar-refractivity contribution in [2.24, 2.45) is 5.92 Å². The lowest BCUT2D eigenvalue weighted by Gasteiger charge is -2.30. The topological polar surface area (TPSA) is 102 Å². The molecule has 0 radical (unpaired) electrons. The number of sulfonamides is 1. The monoisotopic (exact) mass is 345 g/mol. The predicted octanol–water partition coefficient (Wildman–Crippen LogP) is 0.455. The van der Waals surface area contributed by atoms with Gasteiger partial charge in [-0.2, -0.15) is 4.31 Å². The Balaban J connectivity index is 1.98. The summed E-state index contributed by atoms with van der Waals surface area (Å²) in [7, 11) is -2.05. The van der Waals surface area contributed by atoms with Crippen LogP contribution in [-0.2, 0) is 19.6 Å². The summed E-state index contributed by atoms with van der Waals surface area (Å²) < 4.78 is 36.6. The molecular weight excluding hydrogens is 322 g/mol. The van der Waals surface area contributed by atoms with E-state index in [0.717, 1.165) is 0 Å². The quantitative estimate of drug-likeness (QED) is 0.751. The lowest BCUT2D eigenvalue weighted by Crippen LogP contribution is -2.43. The highest BCUT2D eigenvalue weighted by Crippen LogP contribution is 2.27. The standard InChI is InChI=1S/C14H23N3O5S/c1-10-13(11(2)22-16-10)23(19,20)17-7-4-12(5-8-17)14(18)15-6-9-21-3/h12H,4-9H2,1-3H3,(H,15,18). The molecule has 9 heteroatoms. The van der Waals surface area contributed by atoms with Crippen LogP contribution in [0.2, 0.25) is 0 Å².